The Bertz CT molecular complexity index is 550. The van der Waals surface area contributed by atoms with E-state index in [1.165, 1.54) is 6.07 Å². The van der Waals surface area contributed by atoms with E-state index in [-0.39, 0.29) is 11.9 Å². The summed E-state index contributed by atoms with van der Waals surface area (Å²) in [5.74, 6) is 1.22. The molecule has 0 aliphatic rings. The Morgan fingerprint density at radius 3 is 2.80 bits per heavy atom. The van der Waals surface area contributed by atoms with Crippen molar-refractivity contribution in [2.24, 2.45) is 5.92 Å². The zero-order valence-electron chi connectivity index (χ0n) is 12.2. The number of nitrogens with zero attached hydrogens (tertiary/aromatic N) is 3. The topological polar surface area (TPSA) is 42.7 Å². The number of aromatic nitrogens is 3. The molecule has 0 amide bonds. The van der Waals surface area contributed by atoms with Crippen LogP contribution in [0.4, 0.5) is 4.39 Å². The highest BCUT2D eigenvalue weighted by Crippen LogP contribution is 2.14. The van der Waals surface area contributed by atoms with Crippen molar-refractivity contribution in [1.29, 1.82) is 0 Å². The quantitative estimate of drug-likeness (QED) is 0.882. The Kier molecular flexibility index (Phi) is 4.84. The SMILES string of the molecule is CC(C)Cn1ncnc1CN[C@@H](C)c1cccc(F)c1. The monoisotopic (exact) mass is 276 g/mol. The summed E-state index contributed by atoms with van der Waals surface area (Å²) in [6.45, 7) is 7.77. The molecule has 0 aliphatic heterocycles. The highest BCUT2D eigenvalue weighted by Gasteiger charge is 2.09. The first-order valence-corrected chi connectivity index (χ1v) is 6.91. The number of hydrogen-bond acceptors (Lipinski definition) is 3. The number of nitrogens with one attached hydrogen (secondary N) is 1. The molecular formula is C15H21FN4. The van der Waals surface area contributed by atoms with Crippen LogP contribution < -0.4 is 5.32 Å². The Morgan fingerprint density at radius 2 is 2.10 bits per heavy atom. The van der Waals surface area contributed by atoms with Crippen LogP contribution in [-0.2, 0) is 13.1 Å². The van der Waals surface area contributed by atoms with Crippen LogP contribution in [-0.4, -0.2) is 14.8 Å². The van der Waals surface area contributed by atoms with Crippen molar-refractivity contribution in [1.82, 2.24) is 20.1 Å². The van der Waals surface area contributed by atoms with Crippen LogP contribution in [0.3, 0.4) is 0 Å². The Hall–Kier alpha value is -1.75. The average Bonchev–Trinajstić information content (AvgIpc) is 2.82. The van der Waals surface area contributed by atoms with E-state index in [1.807, 2.05) is 17.7 Å². The first-order chi connectivity index (χ1) is 9.56. The van der Waals surface area contributed by atoms with Crippen molar-refractivity contribution in [3.8, 4) is 0 Å². The van der Waals surface area contributed by atoms with Crippen LogP contribution in [0.15, 0.2) is 30.6 Å². The average molecular weight is 276 g/mol. The smallest absolute Gasteiger partial charge is 0.140 e. The summed E-state index contributed by atoms with van der Waals surface area (Å²) in [4.78, 5) is 4.27. The fraction of sp³-hybridized carbons (Fsp3) is 0.467. The van der Waals surface area contributed by atoms with E-state index in [4.69, 9.17) is 0 Å². The van der Waals surface area contributed by atoms with Crippen molar-refractivity contribution in [2.45, 2.75) is 39.9 Å². The molecule has 0 saturated heterocycles. The third-order valence-corrected chi connectivity index (χ3v) is 3.15. The molecule has 0 aliphatic carbocycles. The van der Waals surface area contributed by atoms with Crippen LogP contribution in [0.25, 0.3) is 0 Å². The minimum absolute atomic E-state index is 0.0647. The lowest BCUT2D eigenvalue weighted by Crippen LogP contribution is -2.22. The molecular weight excluding hydrogens is 255 g/mol. The third kappa shape index (κ3) is 3.87. The molecule has 1 N–H and O–H groups in total. The molecule has 0 unspecified atom stereocenters. The minimum atomic E-state index is -0.209. The van der Waals surface area contributed by atoms with E-state index < -0.39 is 0 Å². The number of halogens is 1. The lowest BCUT2D eigenvalue weighted by molar-refractivity contribution is 0.449. The summed E-state index contributed by atoms with van der Waals surface area (Å²) in [5, 5.41) is 7.58. The highest BCUT2D eigenvalue weighted by molar-refractivity contribution is 5.19. The lowest BCUT2D eigenvalue weighted by atomic mass is 10.1. The maximum absolute atomic E-state index is 13.2. The number of benzene rings is 1. The van der Waals surface area contributed by atoms with E-state index in [0.717, 1.165) is 17.9 Å². The fourth-order valence-corrected chi connectivity index (χ4v) is 2.06. The van der Waals surface area contributed by atoms with Gasteiger partial charge in [0.2, 0.25) is 0 Å². The summed E-state index contributed by atoms with van der Waals surface area (Å²) in [6, 6.07) is 6.71. The van der Waals surface area contributed by atoms with Crippen LogP contribution >= 0.6 is 0 Å². The van der Waals surface area contributed by atoms with Crippen molar-refractivity contribution in [2.75, 3.05) is 0 Å². The van der Waals surface area contributed by atoms with Crippen molar-refractivity contribution >= 4 is 0 Å². The Balaban J connectivity index is 1.97. The van der Waals surface area contributed by atoms with E-state index >= 15 is 0 Å². The Morgan fingerprint density at radius 1 is 1.30 bits per heavy atom. The van der Waals surface area contributed by atoms with Gasteiger partial charge in [-0.25, -0.2) is 14.1 Å². The molecule has 0 spiro atoms. The van der Waals surface area contributed by atoms with Crippen molar-refractivity contribution in [3.63, 3.8) is 0 Å². The van der Waals surface area contributed by atoms with Crippen molar-refractivity contribution < 1.29 is 4.39 Å². The van der Waals surface area contributed by atoms with Gasteiger partial charge in [0, 0.05) is 12.6 Å². The molecule has 0 radical (unpaired) electrons. The molecule has 2 aromatic rings. The number of rotatable bonds is 6. The van der Waals surface area contributed by atoms with E-state index in [1.54, 1.807) is 18.5 Å². The fourth-order valence-electron chi connectivity index (χ4n) is 2.06. The minimum Gasteiger partial charge on any atom is -0.303 e. The van der Waals surface area contributed by atoms with Crippen LogP contribution in [0.1, 0.15) is 38.2 Å². The van der Waals surface area contributed by atoms with Gasteiger partial charge in [-0.1, -0.05) is 26.0 Å². The van der Waals surface area contributed by atoms with Gasteiger partial charge in [0.25, 0.3) is 0 Å². The second kappa shape index (κ2) is 6.61. The summed E-state index contributed by atoms with van der Waals surface area (Å²) >= 11 is 0. The predicted octanol–water partition coefficient (Wildman–Crippen LogP) is 2.92. The summed E-state index contributed by atoms with van der Waals surface area (Å²) in [6.07, 6.45) is 1.58. The number of hydrogen-bond donors (Lipinski definition) is 1. The van der Waals surface area contributed by atoms with Gasteiger partial charge < -0.3 is 5.32 Å². The van der Waals surface area contributed by atoms with Gasteiger partial charge in [-0.2, -0.15) is 5.10 Å². The molecule has 4 nitrogen and oxygen atoms in total. The van der Waals surface area contributed by atoms with Gasteiger partial charge in [0.15, 0.2) is 0 Å². The molecule has 2 rings (SSSR count). The summed E-state index contributed by atoms with van der Waals surface area (Å²) in [5.41, 5.74) is 0.930. The Labute approximate surface area is 119 Å². The standard InChI is InChI=1S/C15H21FN4/c1-11(2)9-20-15(18-10-19-20)8-17-12(3)13-5-4-6-14(16)7-13/h4-7,10-12,17H,8-9H2,1-3H3/t12-/m0/s1. The molecule has 1 aromatic carbocycles. The third-order valence-electron chi connectivity index (χ3n) is 3.15. The predicted molar refractivity (Wildman–Crippen MR) is 76.5 cm³/mol. The highest BCUT2D eigenvalue weighted by atomic mass is 19.1. The molecule has 108 valence electrons. The van der Waals surface area contributed by atoms with Gasteiger partial charge in [-0.3, -0.25) is 0 Å². The molecule has 5 heteroatoms. The van der Waals surface area contributed by atoms with Gasteiger partial charge in [-0.05, 0) is 30.5 Å². The largest absolute Gasteiger partial charge is 0.303 e. The van der Waals surface area contributed by atoms with Crippen LogP contribution in [0, 0.1) is 11.7 Å². The van der Waals surface area contributed by atoms with Crippen LogP contribution in [0.5, 0.6) is 0 Å². The van der Waals surface area contributed by atoms with Crippen LogP contribution in [0.2, 0.25) is 0 Å². The molecule has 0 saturated carbocycles. The van der Waals surface area contributed by atoms with Gasteiger partial charge in [0.05, 0.1) is 6.54 Å². The van der Waals surface area contributed by atoms with Gasteiger partial charge in [-0.15, -0.1) is 0 Å². The molecule has 1 aromatic heterocycles. The summed E-state index contributed by atoms with van der Waals surface area (Å²) < 4.78 is 15.1. The molecule has 1 heterocycles. The molecule has 0 bridgehead atoms. The first kappa shape index (κ1) is 14.7. The van der Waals surface area contributed by atoms with Gasteiger partial charge >= 0.3 is 0 Å². The molecule has 0 fully saturated rings. The molecule has 20 heavy (non-hydrogen) atoms. The second-order valence-electron chi connectivity index (χ2n) is 5.41. The van der Waals surface area contributed by atoms with E-state index in [9.17, 15) is 4.39 Å². The zero-order valence-corrected chi connectivity index (χ0v) is 12.2. The summed E-state index contributed by atoms with van der Waals surface area (Å²) in [7, 11) is 0. The maximum Gasteiger partial charge on any atom is 0.140 e. The lowest BCUT2D eigenvalue weighted by Gasteiger charge is -2.15. The van der Waals surface area contributed by atoms with Crippen molar-refractivity contribution in [3.05, 3.63) is 47.8 Å². The normalized spacial score (nSPS) is 12.8. The zero-order chi connectivity index (χ0) is 14.5. The second-order valence-corrected chi connectivity index (χ2v) is 5.41. The van der Waals surface area contributed by atoms with E-state index in [0.29, 0.717) is 12.5 Å². The first-order valence-electron chi connectivity index (χ1n) is 6.91. The van der Waals surface area contributed by atoms with E-state index in [2.05, 4.69) is 29.2 Å². The van der Waals surface area contributed by atoms with Gasteiger partial charge in [0.1, 0.15) is 18.0 Å². The maximum atomic E-state index is 13.2. The molecule has 1 atom stereocenters.